The molecule has 0 saturated carbocycles. The highest BCUT2D eigenvalue weighted by molar-refractivity contribution is 5.78. The van der Waals surface area contributed by atoms with Gasteiger partial charge >= 0.3 is 0 Å². The zero-order valence-electron chi connectivity index (χ0n) is 8.19. The smallest absolute Gasteiger partial charge is 0.131 e. The fourth-order valence-corrected chi connectivity index (χ4v) is 1.27. The zero-order valence-corrected chi connectivity index (χ0v) is 8.19. The van der Waals surface area contributed by atoms with Crippen LogP contribution in [0.1, 0.15) is 19.8 Å². The minimum atomic E-state index is 0.771. The third kappa shape index (κ3) is 1.87. The summed E-state index contributed by atoms with van der Waals surface area (Å²) in [5.41, 5.74) is 0.868. The summed E-state index contributed by atoms with van der Waals surface area (Å²) in [6.07, 6.45) is 3.86. The van der Waals surface area contributed by atoms with Crippen LogP contribution in [0, 0.1) is 0 Å². The summed E-state index contributed by atoms with van der Waals surface area (Å²) < 4.78 is 10.4. The molecule has 0 fully saturated rings. The molecule has 1 aromatic carbocycles. The average Bonchev–Trinajstić information content (AvgIpc) is 2.65. The Labute approximate surface area is 82.7 Å². The Morgan fingerprint density at radius 1 is 1.43 bits per heavy atom. The van der Waals surface area contributed by atoms with Gasteiger partial charge in [-0.25, -0.2) is 0 Å². The van der Waals surface area contributed by atoms with Gasteiger partial charge in [-0.2, -0.15) is 0 Å². The number of hydrogen-bond donors (Lipinski definition) is 0. The maximum atomic E-state index is 5.55. The molecule has 0 saturated heterocycles. The molecular weight excluding hydrogens is 178 g/mol. The van der Waals surface area contributed by atoms with Crippen molar-refractivity contribution >= 4 is 10.9 Å². The fourth-order valence-electron chi connectivity index (χ4n) is 1.27. The largest absolute Gasteiger partial charge is 0.494 e. The van der Waals surface area contributed by atoms with Crippen molar-refractivity contribution in [2.75, 3.05) is 6.61 Å². The minimum Gasteiger partial charge on any atom is -0.494 e. The molecule has 14 heavy (non-hydrogen) atoms. The van der Waals surface area contributed by atoms with E-state index in [2.05, 4.69) is 12.1 Å². The molecule has 0 aliphatic carbocycles. The van der Waals surface area contributed by atoms with Gasteiger partial charge in [0.05, 0.1) is 6.61 Å². The van der Waals surface area contributed by atoms with Gasteiger partial charge in [0.25, 0.3) is 0 Å². The number of fused-ring (bicyclic) bond motifs is 1. The Balaban J connectivity index is 2.10. The first-order valence-electron chi connectivity index (χ1n) is 4.87. The molecular formula is C11H13NO2. The van der Waals surface area contributed by atoms with E-state index in [0.717, 1.165) is 36.1 Å². The van der Waals surface area contributed by atoms with Gasteiger partial charge in [-0.1, -0.05) is 18.5 Å². The van der Waals surface area contributed by atoms with Crippen LogP contribution in [-0.2, 0) is 0 Å². The molecule has 74 valence electrons. The Morgan fingerprint density at radius 2 is 2.36 bits per heavy atom. The Hall–Kier alpha value is -1.51. The molecule has 0 N–H and O–H groups in total. The van der Waals surface area contributed by atoms with Crippen LogP contribution < -0.4 is 4.74 Å². The third-order valence-electron chi connectivity index (χ3n) is 2.10. The van der Waals surface area contributed by atoms with Crippen LogP contribution in [0.3, 0.4) is 0 Å². The minimum absolute atomic E-state index is 0.771. The topological polar surface area (TPSA) is 35.3 Å². The van der Waals surface area contributed by atoms with Crippen molar-refractivity contribution in [1.82, 2.24) is 5.16 Å². The first-order valence-corrected chi connectivity index (χ1v) is 4.87. The molecule has 0 atom stereocenters. The summed E-state index contributed by atoms with van der Waals surface area (Å²) >= 11 is 0. The summed E-state index contributed by atoms with van der Waals surface area (Å²) in [5.74, 6) is 0.883. The third-order valence-corrected chi connectivity index (χ3v) is 2.10. The van der Waals surface area contributed by atoms with Gasteiger partial charge in [-0.05, 0) is 24.6 Å². The summed E-state index contributed by atoms with van der Waals surface area (Å²) in [6.45, 7) is 2.92. The van der Waals surface area contributed by atoms with Crippen molar-refractivity contribution in [1.29, 1.82) is 0 Å². The maximum Gasteiger partial charge on any atom is 0.131 e. The van der Waals surface area contributed by atoms with Crippen LogP contribution in [-0.4, -0.2) is 11.8 Å². The summed E-state index contributed by atoms with van der Waals surface area (Å²) in [5, 5.41) is 4.81. The SMILES string of the molecule is CCCCOc1ccc2nocc2c1. The first kappa shape index (κ1) is 9.06. The van der Waals surface area contributed by atoms with E-state index in [-0.39, 0.29) is 0 Å². The van der Waals surface area contributed by atoms with Crippen LogP contribution in [0.25, 0.3) is 10.9 Å². The van der Waals surface area contributed by atoms with E-state index in [1.54, 1.807) is 6.26 Å². The number of rotatable bonds is 4. The first-order chi connectivity index (χ1) is 6.90. The van der Waals surface area contributed by atoms with E-state index in [4.69, 9.17) is 9.26 Å². The molecule has 1 aromatic heterocycles. The van der Waals surface area contributed by atoms with Gasteiger partial charge in [0.2, 0.25) is 0 Å². The highest BCUT2D eigenvalue weighted by Gasteiger charge is 1.99. The van der Waals surface area contributed by atoms with E-state index >= 15 is 0 Å². The Morgan fingerprint density at radius 3 is 3.21 bits per heavy atom. The van der Waals surface area contributed by atoms with Crippen LogP contribution in [0.5, 0.6) is 5.75 Å². The fraction of sp³-hybridized carbons (Fsp3) is 0.364. The second-order valence-electron chi connectivity index (χ2n) is 3.24. The molecule has 0 amide bonds. The van der Waals surface area contributed by atoms with Crippen molar-refractivity contribution < 1.29 is 9.26 Å². The van der Waals surface area contributed by atoms with E-state index in [0.29, 0.717) is 0 Å². The second-order valence-corrected chi connectivity index (χ2v) is 3.24. The number of benzene rings is 1. The lowest BCUT2D eigenvalue weighted by Crippen LogP contribution is -1.95. The van der Waals surface area contributed by atoms with Gasteiger partial charge in [-0.3, -0.25) is 0 Å². The van der Waals surface area contributed by atoms with Gasteiger partial charge in [0.1, 0.15) is 17.5 Å². The van der Waals surface area contributed by atoms with E-state index in [9.17, 15) is 0 Å². The van der Waals surface area contributed by atoms with Crippen molar-refractivity contribution in [3.63, 3.8) is 0 Å². The van der Waals surface area contributed by atoms with Gasteiger partial charge in [-0.15, -0.1) is 0 Å². The molecule has 0 radical (unpaired) electrons. The highest BCUT2D eigenvalue weighted by atomic mass is 16.5. The van der Waals surface area contributed by atoms with Gasteiger partial charge in [0, 0.05) is 5.39 Å². The van der Waals surface area contributed by atoms with Crippen LogP contribution in [0.2, 0.25) is 0 Å². The Kier molecular flexibility index (Phi) is 2.68. The zero-order chi connectivity index (χ0) is 9.80. The predicted molar refractivity (Wildman–Crippen MR) is 54.4 cm³/mol. The molecule has 1 heterocycles. The molecule has 2 rings (SSSR count). The van der Waals surface area contributed by atoms with E-state index in [1.165, 1.54) is 0 Å². The molecule has 3 nitrogen and oxygen atoms in total. The number of unbranched alkanes of at least 4 members (excludes halogenated alkanes) is 1. The predicted octanol–water partition coefficient (Wildman–Crippen LogP) is 3.01. The second kappa shape index (κ2) is 4.13. The van der Waals surface area contributed by atoms with Gasteiger partial charge < -0.3 is 9.26 Å². The van der Waals surface area contributed by atoms with Crippen LogP contribution >= 0.6 is 0 Å². The van der Waals surface area contributed by atoms with Crippen molar-refractivity contribution in [2.24, 2.45) is 0 Å². The molecule has 0 unspecified atom stereocenters. The van der Waals surface area contributed by atoms with Crippen molar-refractivity contribution in [3.8, 4) is 5.75 Å². The Bertz CT molecular complexity index is 408. The van der Waals surface area contributed by atoms with E-state index in [1.807, 2.05) is 18.2 Å². The summed E-state index contributed by atoms with van der Waals surface area (Å²) in [7, 11) is 0. The number of nitrogens with zero attached hydrogens (tertiary/aromatic N) is 1. The standard InChI is InChI=1S/C11H13NO2/c1-2-3-6-13-10-4-5-11-9(7-10)8-14-12-11/h4-5,7-8H,2-3,6H2,1H3. The summed E-state index contributed by atoms with van der Waals surface area (Å²) in [4.78, 5) is 0. The molecule has 0 spiro atoms. The average molecular weight is 191 g/mol. The lowest BCUT2D eigenvalue weighted by molar-refractivity contribution is 0.310. The molecule has 0 aliphatic heterocycles. The lowest BCUT2D eigenvalue weighted by Gasteiger charge is -2.03. The van der Waals surface area contributed by atoms with Gasteiger partial charge in [0.15, 0.2) is 0 Å². The number of aromatic nitrogens is 1. The summed E-state index contributed by atoms with van der Waals surface area (Å²) in [6, 6.07) is 5.77. The maximum absolute atomic E-state index is 5.55. The molecule has 0 aliphatic rings. The quantitative estimate of drug-likeness (QED) is 0.697. The number of hydrogen-bond acceptors (Lipinski definition) is 3. The number of ether oxygens (including phenoxy) is 1. The van der Waals surface area contributed by atoms with Crippen molar-refractivity contribution in [3.05, 3.63) is 24.5 Å². The highest BCUT2D eigenvalue weighted by Crippen LogP contribution is 2.19. The molecule has 0 bridgehead atoms. The van der Waals surface area contributed by atoms with Crippen LogP contribution in [0.15, 0.2) is 29.0 Å². The normalized spacial score (nSPS) is 10.6. The monoisotopic (exact) mass is 191 g/mol. The molecule has 2 aromatic rings. The molecule has 3 heteroatoms. The van der Waals surface area contributed by atoms with Crippen LogP contribution in [0.4, 0.5) is 0 Å². The van der Waals surface area contributed by atoms with E-state index < -0.39 is 0 Å². The lowest BCUT2D eigenvalue weighted by atomic mass is 10.2. The van der Waals surface area contributed by atoms with Crippen molar-refractivity contribution in [2.45, 2.75) is 19.8 Å².